The van der Waals surface area contributed by atoms with Crippen molar-refractivity contribution >= 4 is 23.3 Å². The molecule has 0 saturated heterocycles. The molecule has 1 rings (SSSR count). The fourth-order valence-corrected chi connectivity index (χ4v) is 1.62. The molecule has 1 unspecified atom stereocenters. The van der Waals surface area contributed by atoms with E-state index in [1.165, 1.54) is 19.1 Å². The second-order valence-corrected chi connectivity index (χ2v) is 4.29. The van der Waals surface area contributed by atoms with E-state index in [9.17, 15) is 18.0 Å². The average molecular weight is 297 g/mol. The zero-order valence-corrected chi connectivity index (χ0v) is 10.6. The molecule has 1 heterocycles. The van der Waals surface area contributed by atoms with Gasteiger partial charge in [-0.15, -0.1) is 0 Å². The lowest BCUT2D eigenvalue weighted by Gasteiger charge is -2.16. The lowest BCUT2D eigenvalue weighted by molar-refractivity contribution is -0.138. The van der Waals surface area contributed by atoms with Crippen molar-refractivity contribution in [1.29, 1.82) is 0 Å². The predicted molar refractivity (Wildman–Crippen MR) is 64.7 cm³/mol. The second-order valence-electron chi connectivity index (χ2n) is 3.90. The van der Waals surface area contributed by atoms with Crippen LogP contribution in [-0.2, 0) is 0 Å². The van der Waals surface area contributed by atoms with Crippen LogP contribution in [-0.4, -0.2) is 23.1 Å². The molecule has 0 aliphatic carbocycles. The van der Waals surface area contributed by atoms with Gasteiger partial charge in [-0.2, -0.15) is 13.2 Å². The van der Waals surface area contributed by atoms with Gasteiger partial charge in [-0.25, -0.2) is 10.8 Å². The number of nitrogens with one attached hydrogen (secondary N) is 2. The van der Waals surface area contributed by atoms with Gasteiger partial charge in [-0.05, 0) is 19.1 Å². The Balaban J connectivity index is 2.75. The van der Waals surface area contributed by atoms with Crippen LogP contribution < -0.4 is 16.6 Å². The number of pyridine rings is 1. The lowest BCUT2D eigenvalue weighted by Crippen LogP contribution is -2.36. The van der Waals surface area contributed by atoms with Crippen LogP contribution in [0.1, 0.15) is 23.7 Å². The smallest absolute Gasteiger partial charge is 0.349 e. The van der Waals surface area contributed by atoms with Crippen molar-refractivity contribution in [2.75, 3.05) is 5.43 Å². The zero-order valence-electron chi connectivity index (χ0n) is 9.88. The molecule has 1 aromatic rings. The molecule has 0 bridgehead atoms. The lowest BCUT2D eigenvalue weighted by atomic mass is 10.2. The van der Waals surface area contributed by atoms with Crippen molar-refractivity contribution in [2.45, 2.75) is 25.6 Å². The van der Waals surface area contributed by atoms with E-state index in [0.717, 1.165) is 0 Å². The van der Waals surface area contributed by atoms with Crippen molar-refractivity contribution < 1.29 is 18.0 Å². The first-order chi connectivity index (χ1) is 8.71. The molecular weight excluding hydrogens is 285 g/mol. The summed E-state index contributed by atoms with van der Waals surface area (Å²) in [6, 6.07) is 1.47. The maximum Gasteiger partial charge on any atom is 0.391 e. The molecule has 0 spiro atoms. The van der Waals surface area contributed by atoms with Gasteiger partial charge in [0.25, 0.3) is 5.91 Å². The number of halogens is 4. The van der Waals surface area contributed by atoms with Crippen molar-refractivity contribution in [3.05, 3.63) is 22.8 Å². The Hall–Kier alpha value is -1.54. The largest absolute Gasteiger partial charge is 0.391 e. The molecule has 0 saturated carbocycles. The minimum absolute atomic E-state index is 0.00377. The molecular formula is C10H12ClF3N4O. The van der Waals surface area contributed by atoms with Crippen LogP contribution >= 0.6 is 11.6 Å². The molecule has 0 aliphatic heterocycles. The molecule has 4 N–H and O–H groups in total. The number of amides is 1. The Morgan fingerprint density at radius 3 is 2.68 bits per heavy atom. The number of nitrogen functional groups attached to an aromatic ring is 1. The molecule has 0 aliphatic rings. The van der Waals surface area contributed by atoms with Crippen LogP contribution in [0.3, 0.4) is 0 Å². The normalized spacial score (nSPS) is 12.9. The standard InChI is InChI=1S/C10H12ClF3N4O/c1-5(4-10(12,13)14)16-9(19)6-2-7(11)17-8(3-6)18-15/h2-3,5H,4,15H2,1H3,(H,16,19)(H,17,18). The monoisotopic (exact) mass is 296 g/mol. The van der Waals surface area contributed by atoms with Crippen molar-refractivity contribution in [3.8, 4) is 0 Å². The Kier molecular flexibility index (Phi) is 4.96. The first kappa shape index (κ1) is 15.5. The number of hydrazine groups is 1. The van der Waals surface area contributed by atoms with E-state index in [1.54, 1.807) is 0 Å². The molecule has 106 valence electrons. The van der Waals surface area contributed by atoms with Gasteiger partial charge >= 0.3 is 6.18 Å². The number of anilines is 1. The van der Waals surface area contributed by atoms with Gasteiger partial charge in [0, 0.05) is 11.6 Å². The Morgan fingerprint density at radius 1 is 1.53 bits per heavy atom. The predicted octanol–water partition coefficient (Wildman–Crippen LogP) is 2.09. The molecule has 19 heavy (non-hydrogen) atoms. The average Bonchev–Trinajstić information content (AvgIpc) is 2.25. The van der Waals surface area contributed by atoms with Gasteiger partial charge in [-0.1, -0.05) is 11.6 Å². The number of carbonyl (C=O) groups excluding carboxylic acids is 1. The molecule has 5 nitrogen and oxygen atoms in total. The molecule has 0 fully saturated rings. The highest BCUT2D eigenvalue weighted by molar-refractivity contribution is 6.29. The number of carbonyl (C=O) groups is 1. The number of hydrogen-bond donors (Lipinski definition) is 3. The van der Waals surface area contributed by atoms with E-state index in [1.807, 2.05) is 0 Å². The minimum Gasteiger partial charge on any atom is -0.349 e. The van der Waals surface area contributed by atoms with E-state index in [2.05, 4.69) is 15.7 Å². The van der Waals surface area contributed by atoms with E-state index in [-0.39, 0.29) is 16.5 Å². The van der Waals surface area contributed by atoms with Crippen LogP contribution in [0.5, 0.6) is 0 Å². The van der Waals surface area contributed by atoms with Crippen molar-refractivity contribution in [2.24, 2.45) is 5.84 Å². The number of aromatic nitrogens is 1. The van der Waals surface area contributed by atoms with E-state index in [0.29, 0.717) is 0 Å². The van der Waals surface area contributed by atoms with Gasteiger partial charge in [0.05, 0.1) is 6.42 Å². The SMILES string of the molecule is CC(CC(F)(F)F)NC(=O)c1cc(Cl)nc(NN)c1. The third-order valence-electron chi connectivity index (χ3n) is 2.12. The zero-order chi connectivity index (χ0) is 14.6. The highest BCUT2D eigenvalue weighted by Crippen LogP contribution is 2.21. The highest BCUT2D eigenvalue weighted by atomic mass is 35.5. The van der Waals surface area contributed by atoms with Crippen LogP contribution in [0, 0.1) is 0 Å². The molecule has 1 atom stereocenters. The summed E-state index contributed by atoms with van der Waals surface area (Å²) < 4.78 is 36.4. The quantitative estimate of drug-likeness (QED) is 0.451. The Bertz CT molecular complexity index is 467. The van der Waals surface area contributed by atoms with Crippen LogP contribution in [0.4, 0.5) is 19.0 Å². The van der Waals surface area contributed by atoms with Gasteiger partial charge in [0.2, 0.25) is 0 Å². The maximum absolute atomic E-state index is 12.1. The number of nitrogens with two attached hydrogens (primary N) is 1. The topological polar surface area (TPSA) is 80.0 Å². The molecule has 0 radical (unpaired) electrons. The highest BCUT2D eigenvalue weighted by Gasteiger charge is 2.30. The number of nitrogens with zero attached hydrogens (tertiary/aromatic N) is 1. The van der Waals surface area contributed by atoms with Crippen LogP contribution in [0.2, 0.25) is 5.15 Å². The van der Waals surface area contributed by atoms with Crippen LogP contribution in [0.15, 0.2) is 12.1 Å². The van der Waals surface area contributed by atoms with E-state index < -0.39 is 24.5 Å². The summed E-state index contributed by atoms with van der Waals surface area (Å²) in [5.41, 5.74) is 2.27. The fourth-order valence-electron chi connectivity index (χ4n) is 1.41. The second kappa shape index (κ2) is 6.07. The number of rotatable bonds is 4. The summed E-state index contributed by atoms with van der Waals surface area (Å²) in [6.07, 6.45) is -5.45. The van der Waals surface area contributed by atoms with E-state index >= 15 is 0 Å². The summed E-state index contributed by atoms with van der Waals surface area (Å²) in [5, 5.41) is 2.22. The maximum atomic E-state index is 12.1. The molecule has 1 aromatic heterocycles. The summed E-state index contributed by atoms with van der Waals surface area (Å²) in [6.45, 7) is 1.26. The van der Waals surface area contributed by atoms with Gasteiger partial charge in [0.1, 0.15) is 11.0 Å². The Morgan fingerprint density at radius 2 is 2.16 bits per heavy atom. The molecule has 9 heteroatoms. The summed E-state index contributed by atoms with van der Waals surface area (Å²) in [4.78, 5) is 15.5. The first-order valence-electron chi connectivity index (χ1n) is 5.23. The van der Waals surface area contributed by atoms with Crippen molar-refractivity contribution in [3.63, 3.8) is 0 Å². The van der Waals surface area contributed by atoms with Crippen molar-refractivity contribution in [1.82, 2.24) is 10.3 Å². The number of hydrogen-bond acceptors (Lipinski definition) is 4. The fraction of sp³-hybridized carbons (Fsp3) is 0.400. The van der Waals surface area contributed by atoms with Gasteiger partial charge in [0.15, 0.2) is 0 Å². The summed E-state index contributed by atoms with van der Waals surface area (Å²) in [5.74, 6) is 4.58. The minimum atomic E-state index is -4.34. The third-order valence-corrected chi connectivity index (χ3v) is 2.31. The summed E-state index contributed by atoms with van der Waals surface area (Å²) >= 11 is 5.65. The third kappa shape index (κ3) is 5.31. The summed E-state index contributed by atoms with van der Waals surface area (Å²) in [7, 11) is 0. The first-order valence-corrected chi connectivity index (χ1v) is 5.61. The Labute approximate surface area is 112 Å². The number of alkyl halides is 3. The van der Waals surface area contributed by atoms with Crippen LogP contribution in [0.25, 0.3) is 0 Å². The van der Waals surface area contributed by atoms with Gasteiger partial charge < -0.3 is 10.7 Å². The van der Waals surface area contributed by atoms with Gasteiger partial charge in [-0.3, -0.25) is 4.79 Å². The molecule has 0 aromatic carbocycles. The molecule has 1 amide bonds. The van der Waals surface area contributed by atoms with E-state index in [4.69, 9.17) is 17.4 Å².